The van der Waals surface area contributed by atoms with E-state index in [2.05, 4.69) is 10.3 Å². The number of primary amides is 1. The number of carbonyl (C=O) groups is 2. The van der Waals surface area contributed by atoms with Crippen molar-refractivity contribution in [2.45, 2.75) is 6.92 Å². The number of nitrogens with two attached hydrogens (primary N) is 1. The predicted molar refractivity (Wildman–Crippen MR) is 88.6 cm³/mol. The Balaban J connectivity index is 1.86. The van der Waals surface area contributed by atoms with E-state index in [1.807, 2.05) is 31.2 Å². The van der Waals surface area contributed by atoms with Crippen LogP contribution in [-0.2, 0) is 7.05 Å². The number of benzene rings is 1. The normalized spacial score (nSPS) is 10.6. The quantitative estimate of drug-likeness (QED) is 0.768. The lowest BCUT2D eigenvalue weighted by Gasteiger charge is -2.03. The second-order valence-corrected chi connectivity index (χ2v) is 5.44. The first kappa shape index (κ1) is 15.5. The van der Waals surface area contributed by atoms with E-state index in [1.165, 1.54) is 12.5 Å². The number of hydrogen-bond acceptors (Lipinski definition) is 4. The molecule has 0 radical (unpaired) electrons. The maximum absolute atomic E-state index is 12.5. The Hall–Kier alpha value is -3.35. The highest BCUT2D eigenvalue weighted by Crippen LogP contribution is 2.24. The van der Waals surface area contributed by atoms with E-state index in [0.717, 1.165) is 11.1 Å². The molecule has 1 aromatic carbocycles. The number of aryl methyl sites for hydroxylation is 2. The molecule has 2 heterocycles. The SMILES string of the molecule is Cc1ccc(-c2ocnc2C(=O)Nc2cc(C(N)=O)n(C)c2)cc1. The molecular weight excluding hydrogens is 308 g/mol. The second kappa shape index (κ2) is 6.04. The first-order chi connectivity index (χ1) is 11.5. The molecule has 2 aromatic heterocycles. The molecule has 0 bridgehead atoms. The Kier molecular flexibility index (Phi) is 3.91. The van der Waals surface area contributed by atoms with Gasteiger partial charge in [-0.25, -0.2) is 4.98 Å². The van der Waals surface area contributed by atoms with Crippen LogP contribution >= 0.6 is 0 Å². The van der Waals surface area contributed by atoms with Gasteiger partial charge >= 0.3 is 0 Å². The van der Waals surface area contributed by atoms with Crippen molar-refractivity contribution in [2.24, 2.45) is 12.8 Å². The molecular formula is C17H16N4O3. The van der Waals surface area contributed by atoms with Crippen LogP contribution in [0.25, 0.3) is 11.3 Å². The van der Waals surface area contributed by atoms with E-state index in [9.17, 15) is 9.59 Å². The number of anilines is 1. The molecule has 2 amide bonds. The largest absolute Gasteiger partial charge is 0.443 e. The summed E-state index contributed by atoms with van der Waals surface area (Å²) in [4.78, 5) is 27.7. The van der Waals surface area contributed by atoms with Gasteiger partial charge in [0.2, 0.25) is 0 Å². The third kappa shape index (κ3) is 2.91. The van der Waals surface area contributed by atoms with Gasteiger partial charge in [0.05, 0.1) is 5.69 Å². The monoisotopic (exact) mass is 324 g/mol. The van der Waals surface area contributed by atoms with E-state index in [0.29, 0.717) is 17.1 Å². The topological polar surface area (TPSA) is 103 Å². The van der Waals surface area contributed by atoms with Crippen molar-refractivity contribution >= 4 is 17.5 Å². The van der Waals surface area contributed by atoms with Gasteiger partial charge in [-0.15, -0.1) is 0 Å². The van der Waals surface area contributed by atoms with Gasteiger partial charge in [-0.05, 0) is 13.0 Å². The zero-order chi connectivity index (χ0) is 17.3. The molecule has 0 atom stereocenters. The summed E-state index contributed by atoms with van der Waals surface area (Å²) in [7, 11) is 1.67. The number of oxazole rings is 1. The van der Waals surface area contributed by atoms with Crippen LogP contribution in [-0.4, -0.2) is 21.4 Å². The van der Waals surface area contributed by atoms with Crippen LogP contribution in [0.2, 0.25) is 0 Å². The maximum Gasteiger partial charge on any atom is 0.278 e. The summed E-state index contributed by atoms with van der Waals surface area (Å²) >= 11 is 0. The number of aromatic nitrogens is 2. The Morgan fingerprint density at radius 1 is 1.25 bits per heavy atom. The van der Waals surface area contributed by atoms with Gasteiger partial charge in [-0.2, -0.15) is 0 Å². The van der Waals surface area contributed by atoms with Crippen LogP contribution in [0.15, 0.2) is 47.3 Å². The molecule has 0 aliphatic heterocycles. The number of nitrogens with zero attached hydrogens (tertiary/aromatic N) is 2. The average Bonchev–Trinajstić information content (AvgIpc) is 3.15. The summed E-state index contributed by atoms with van der Waals surface area (Å²) in [6.07, 6.45) is 2.83. The number of carbonyl (C=O) groups excluding carboxylic acids is 2. The minimum absolute atomic E-state index is 0.170. The molecule has 0 fully saturated rings. The predicted octanol–water partition coefficient (Wildman–Crippen LogP) is 2.34. The first-order valence-electron chi connectivity index (χ1n) is 7.23. The smallest absolute Gasteiger partial charge is 0.278 e. The van der Waals surface area contributed by atoms with Crippen LogP contribution in [0.5, 0.6) is 0 Å². The fourth-order valence-electron chi connectivity index (χ4n) is 2.39. The average molecular weight is 324 g/mol. The van der Waals surface area contributed by atoms with E-state index >= 15 is 0 Å². The molecule has 7 heteroatoms. The van der Waals surface area contributed by atoms with Crippen LogP contribution < -0.4 is 11.1 Å². The van der Waals surface area contributed by atoms with E-state index in [4.69, 9.17) is 10.2 Å². The minimum atomic E-state index is -0.570. The minimum Gasteiger partial charge on any atom is -0.443 e. The van der Waals surface area contributed by atoms with Crippen LogP contribution in [0, 0.1) is 6.92 Å². The molecule has 0 aliphatic rings. The fourth-order valence-corrected chi connectivity index (χ4v) is 2.39. The number of rotatable bonds is 4. The Morgan fingerprint density at radius 2 is 1.96 bits per heavy atom. The molecule has 0 saturated carbocycles. The standard InChI is InChI=1S/C17H16N4O3/c1-10-3-5-11(6-4-10)15-14(19-9-24-15)17(23)20-12-7-13(16(18)22)21(2)8-12/h3-9H,1-2H3,(H2,18,22)(H,20,23). The molecule has 0 aliphatic carbocycles. The lowest BCUT2D eigenvalue weighted by atomic mass is 10.1. The van der Waals surface area contributed by atoms with Gasteiger partial charge in [-0.3, -0.25) is 9.59 Å². The van der Waals surface area contributed by atoms with E-state index in [-0.39, 0.29) is 5.69 Å². The summed E-state index contributed by atoms with van der Waals surface area (Å²) in [5, 5.41) is 2.69. The molecule has 122 valence electrons. The third-order valence-electron chi connectivity index (χ3n) is 3.61. The van der Waals surface area contributed by atoms with Gasteiger partial charge in [0.1, 0.15) is 5.69 Å². The van der Waals surface area contributed by atoms with E-state index in [1.54, 1.807) is 17.8 Å². The van der Waals surface area contributed by atoms with Gasteiger partial charge in [-0.1, -0.05) is 29.8 Å². The van der Waals surface area contributed by atoms with Gasteiger partial charge in [0, 0.05) is 18.8 Å². The number of nitrogens with one attached hydrogen (secondary N) is 1. The summed E-state index contributed by atoms with van der Waals surface area (Å²) in [5.74, 6) is -0.612. The van der Waals surface area contributed by atoms with E-state index < -0.39 is 11.8 Å². The zero-order valence-electron chi connectivity index (χ0n) is 13.2. The van der Waals surface area contributed by atoms with Gasteiger partial charge in [0.25, 0.3) is 11.8 Å². The van der Waals surface area contributed by atoms with Crippen LogP contribution in [0.3, 0.4) is 0 Å². The van der Waals surface area contributed by atoms with Gasteiger partial charge in [0.15, 0.2) is 17.8 Å². The summed E-state index contributed by atoms with van der Waals surface area (Å²) in [5.41, 5.74) is 8.05. The Morgan fingerprint density at radius 3 is 2.58 bits per heavy atom. The highest BCUT2D eigenvalue weighted by atomic mass is 16.3. The van der Waals surface area contributed by atoms with Crippen molar-refractivity contribution in [3.63, 3.8) is 0 Å². The summed E-state index contributed by atoms with van der Waals surface area (Å²) in [6, 6.07) is 9.08. The van der Waals surface area contributed by atoms with Crippen molar-refractivity contribution in [2.75, 3.05) is 5.32 Å². The molecule has 0 unspecified atom stereocenters. The molecule has 3 aromatic rings. The second-order valence-electron chi connectivity index (χ2n) is 5.44. The highest BCUT2D eigenvalue weighted by molar-refractivity contribution is 6.07. The lowest BCUT2D eigenvalue weighted by molar-refractivity contribution is 0.0989. The van der Waals surface area contributed by atoms with Crippen LogP contribution in [0.1, 0.15) is 26.5 Å². The van der Waals surface area contributed by atoms with Crippen molar-refractivity contribution in [1.29, 1.82) is 0 Å². The Bertz CT molecular complexity index is 906. The fraction of sp³-hybridized carbons (Fsp3) is 0.118. The molecule has 24 heavy (non-hydrogen) atoms. The number of amides is 2. The molecule has 7 nitrogen and oxygen atoms in total. The maximum atomic E-state index is 12.5. The van der Waals surface area contributed by atoms with Crippen LogP contribution in [0.4, 0.5) is 5.69 Å². The van der Waals surface area contributed by atoms with Crippen molar-refractivity contribution in [1.82, 2.24) is 9.55 Å². The Labute approximate surface area is 138 Å². The van der Waals surface area contributed by atoms with Crippen molar-refractivity contribution < 1.29 is 14.0 Å². The lowest BCUT2D eigenvalue weighted by Crippen LogP contribution is -2.14. The summed E-state index contributed by atoms with van der Waals surface area (Å²) in [6.45, 7) is 1.98. The van der Waals surface area contributed by atoms with Crippen molar-refractivity contribution in [3.8, 4) is 11.3 Å². The molecule has 3 rings (SSSR count). The third-order valence-corrected chi connectivity index (χ3v) is 3.61. The van der Waals surface area contributed by atoms with Gasteiger partial charge < -0.3 is 20.0 Å². The van der Waals surface area contributed by atoms with Crippen molar-refractivity contribution in [3.05, 3.63) is 59.9 Å². The highest BCUT2D eigenvalue weighted by Gasteiger charge is 2.19. The molecule has 0 saturated heterocycles. The zero-order valence-corrected chi connectivity index (χ0v) is 13.2. The first-order valence-corrected chi connectivity index (χ1v) is 7.23. The summed E-state index contributed by atoms with van der Waals surface area (Å²) < 4.78 is 6.91. The molecule has 0 spiro atoms. The number of hydrogen-bond donors (Lipinski definition) is 2. The molecule has 3 N–H and O–H groups in total.